The lowest BCUT2D eigenvalue weighted by Gasteiger charge is -2.31. The van der Waals surface area contributed by atoms with Gasteiger partial charge in [0.2, 0.25) is 0 Å². The Morgan fingerprint density at radius 1 is 1.31 bits per heavy atom. The van der Waals surface area contributed by atoms with Crippen LogP contribution >= 0.6 is 22.9 Å². The Hall–Kier alpha value is -2.29. The zero-order chi connectivity index (χ0) is 20.4. The lowest BCUT2D eigenvalue weighted by atomic mass is 10.1. The normalized spacial score (nSPS) is 15.6. The molecular weight excluding hydrogens is 413 g/mol. The minimum Gasteiger partial charge on any atom is -0.349 e. The fourth-order valence-electron chi connectivity index (χ4n) is 3.43. The molecule has 152 valence electrons. The van der Waals surface area contributed by atoms with Gasteiger partial charge in [-0.25, -0.2) is 14.4 Å². The van der Waals surface area contributed by atoms with E-state index in [1.54, 1.807) is 12.1 Å². The van der Waals surface area contributed by atoms with Gasteiger partial charge < -0.3 is 15.5 Å². The summed E-state index contributed by atoms with van der Waals surface area (Å²) in [6.45, 7) is 5.22. The van der Waals surface area contributed by atoms with Gasteiger partial charge in [0.25, 0.3) is 5.91 Å². The highest BCUT2D eigenvalue weighted by Gasteiger charge is 2.22. The van der Waals surface area contributed by atoms with Crippen LogP contribution in [-0.4, -0.2) is 46.5 Å². The number of likely N-dealkylation sites (tertiary alicyclic amines) is 1. The topological polar surface area (TPSA) is 70.2 Å². The molecule has 0 unspecified atom stereocenters. The molecule has 1 fully saturated rings. The average Bonchev–Trinajstić information content (AvgIpc) is 3.17. The molecule has 1 aliphatic heterocycles. The van der Waals surface area contributed by atoms with Crippen LogP contribution in [0.15, 0.2) is 30.6 Å². The highest BCUT2D eigenvalue weighted by Crippen LogP contribution is 2.31. The molecule has 6 nitrogen and oxygen atoms in total. The highest BCUT2D eigenvalue weighted by atomic mass is 35.5. The molecule has 1 aromatic carbocycles. The maximum absolute atomic E-state index is 13.4. The Labute approximate surface area is 177 Å². The van der Waals surface area contributed by atoms with E-state index in [2.05, 4.69) is 32.4 Å². The second-order valence-corrected chi connectivity index (χ2v) is 8.43. The van der Waals surface area contributed by atoms with Crippen LogP contribution in [0.5, 0.6) is 0 Å². The summed E-state index contributed by atoms with van der Waals surface area (Å²) in [5.74, 6) is -0.0211. The summed E-state index contributed by atoms with van der Waals surface area (Å²) in [7, 11) is 0. The Bertz CT molecular complexity index is 1030. The number of halogens is 2. The number of carbonyl (C=O) groups excluding carboxylic acids is 1. The molecule has 9 heteroatoms. The minimum absolute atomic E-state index is 0.0276. The van der Waals surface area contributed by atoms with Crippen LogP contribution in [0.25, 0.3) is 10.2 Å². The highest BCUT2D eigenvalue weighted by molar-refractivity contribution is 7.20. The van der Waals surface area contributed by atoms with Gasteiger partial charge in [0.1, 0.15) is 22.8 Å². The standard InChI is InChI=1S/C20H21ClFN5OS/c1-2-27-7-5-12(6-8-27)26-19(28)17-10-14-18(23-11-24-20(14)29-17)25-13-3-4-16(22)15(21)9-13/h3-4,9-12H,2,5-8H2,1H3,(H,26,28)(H,23,24,25). The molecule has 3 aromatic rings. The van der Waals surface area contributed by atoms with E-state index in [-0.39, 0.29) is 17.0 Å². The van der Waals surface area contributed by atoms with Crippen molar-refractivity contribution in [1.82, 2.24) is 20.2 Å². The van der Waals surface area contributed by atoms with Gasteiger partial charge in [-0.05, 0) is 43.7 Å². The fraction of sp³-hybridized carbons (Fsp3) is 0.350. The smallest absolute Gasteiger partial charge is 0.261 e. The summed E-state index contributed by atoms with van der Waals surface area (Å²) in [5.41, 5.74) is 0.608. The molecule has 1 aliphatic rings. The van der Waals surface area contributed by atoms with Crippen molar-refractivity contribution in [3.63, 3.8) is 0 Å². The number of anilines is 2. The van der Waals surface area contributed by atoms with Crippen molar-refractivity contribution in [2.45, 2.75) is 25.8 Å². The van der Waals surface area contributed by atoms with Gasteiger partial charge in [0, 0.05) is 24.8 Å². The van der Waals surface area contributed by atoms with Gasteiger partial charge in [-0.1, -0.05) is 18.5 Å². The van der Waals surface area contributed by atoms with Crippen molar-refractivity contribution in [2.75, 3.05) is 25.0 Å². The average molecular weight is 434 g/mol. The summed E-state index contributed by atoms with van der Waals surface area (Å²) in [6.07, 6.45) is 3.36. The molecular formula is C20H21ClFN5OS. The van der Waals surface area contributed by atoms with Gasteiger partial charge in [-0.2, -0.15) is 0 Å². The van der Waals surface area contributed by atoms with E-state index >= 15 is 0 Å². The third-order valence-corrected chi connectivity index (χ3v) is 6.44. The molecule has 2 aromatic heterocycles. The van der Waals surface area contributed by atoms with Crippen molar-refractivity contribution < 1.29 is 9.18 Å². The van der Waals surface area contributed by atoms with Crippen molar-refractivity contribution in [1.29, 1.82) is 0 Å². The lowest BCUT2D eigenvalue weighted by Crippen LogP contribution is -2.44. The largest absolute Gasteiger partial charge is 0.349 e. The molecule has 29 heavy (non-hydrogen) atoms. The van der Waals surface area contributed by atoms with Crippen LogP contribution in [0, 0.1) is 5.82 Å². The summed E-state index contributed by atoms with van der Waals surface area (Å²) in [4.78, 5) is 25.0. The molecule has 0 aliphatic carbocycles. The number of nitrogens with zero attached hydrogens (tertiary/aromatic N) is 3. The van der Waals surface area contributed by atoms with Crippen LogP contribution in [0.1, 0.15) is 29.4 Å². The second-order valence-electron chi connectivity index (χ2n) is 6.99. The van der Waals surface area contributed by atoms with Crippen LogP contribution in [0.4, 0.5) is 15.9 Å². The predicted molar refractivity (Wildman–Crippen MR) is 115 cm³/mol. The number of thiophene rings is 1. The van der Waals surface area contributed by atoms with E-state index in [0.29, 0.717) is 21.2 Å². The number of aromatic nitrogens is 2. The van der Waals surface area contributed by atoms with Crippen LogP contribution in [0.3, 0.4) is 0 Å². The number of hydrogen-bond acceptors (Lipinski definition) is 6. The lowest BCUT2D eigenvalue weighted by molar-refractivity contribution is 0.0917. The fourth-order valence-corrected chi connectivity index (χ4v) is 4.51. The number of hydrogen-bond donors (Lipinski definition) is 2. The van der Waals surface area contributed by atoms with Gasteiger partial charge in [-0.15, -0.1) is 11.3 Å². The van der Waals surface area contributed by atoms with Gasteiger partial charge in [0.05, 0.1) is 15.3 Å². The van der Waals surface area contributed by atoms with E-state index < -0.39 is 5.82 Å². The molecule has 0 saturated carbocycles. The number of amides is 1. The van der Waals surface area contributed by atoms with Crippen LogP contribution < -0.4 is 10.6 Å². The molecule has 4 rings (SSSR count). The molecule has 1 saturated heterocycles. The maximum atomic E-state index is 13.4. The van der Waals surface area contributed by atoms with E-state index in [0.717, 1.165) is 37.9 Å². The third kappa shape index (κ3) is 4.49. The van der Waals surface area contributed by atoms with Gasteiger partial charge >= 0.3 is 0 Å². The first kappa shape index (κ1) is 20.0. The molecule has 0 spiro atoms. The zero-order valence-corrected chi connectivity index (χ0v) is 17.5. The van der Waals surface area contributed by atoms with Crippen molar-refractivity contribution in [3.05, 3.63) is 46.3 Å². The van der Waals surface area contributed by atoms with E-state index in [1.807, 2.05) is 0 Å². The summed E-state index contributed by atoms with van der Waals surface area (Å²) in [5, 5.41) is 7.04. The van der Waals surface area contributed by atoms with Crippen molar-refractivity contribution >= 4 is 50.6 Å². The Kier molecular flexibility index (Phi) is 5.94. The summed E-state index contributed by atoms with van der Waals surface area (Å²) in [6, 6.07) is 6.36. The van der Waals surface area contributed by atoms with Crippen LogP contribution in [0.2, 0.25) is 5.02 Å². The Morgan fingerprint density at radius 3 is 2.83 bits per heavy atom. The van der Waals surface area contributed by atoms with Crippen LogP contribution in [-0.2, 0) is 0 Å². The van der Waals surface area contributed by atoms with Gasteiger partial charge in [0.15, 0.2) is 0 Å². The number of piperidine rings is 1. The number of fused-ring (bicyclic) bond motifs is 1. The summed E-state index contributed by atoms with van der Waals surface area (Å²) < 4.78 is 13.4. The number of nitrogens with one attached hydrogen (secondary N) is 2. The van der Waals surface area contributed by atoms with E-state index in [4.69, 9.17) is 11.6 Å². The quantitative estimate of drug-likeness (QED) is 0.622. The first-order valence-electron chi connectivity index (χ1n) is 9.53. The number of carbonyl (C=O) groups is 1. The number of rotatable bonds is 5. The molecule has 0 bridgehead atoms. The molecule has 3 heterocycles. The third-order valence-electron chi connectivity index (χ3n) is 5.11. The minimum atomic E-state index is -0.482. The second kappa shape index (κ2) is 8.61. The maximum Gasteiger partial charge on any atom is 0.261 e. The summed E-state index contributed by atoms with van der Waals surface area (Å²) >= 11 is 7.18. The SMILES string of the molecule is CCN1CCC(NC(=O)c2cc3c(Nc4ccc(F)c(Cl)c4)ncnc3s2)CC1. The van der Waals surface area contributed by atoms with E-state index in [1.165, 1.54) is 29.8 Å². The monoisotopic (exact) mass is 433 g/mol. The van der Waals surface area contributed by atoms with Crippen molar-refractivity contribution in [2.24, 2.45) is 0 Å². The molecule has 0 atom stereocenters. The Morgan fingerprint density at radius 2 is 2.10 bits per heavy atom. The molecule has 2 N–H and O–H groups in total. The molecule has 0 radical (unpaired) electrons. The van der Waals surface area contributed by atoms with Crippen molar-refractivity contribution in [3.8, 4) is 0 Å². The van der Waals surface area contributed by atoms with E-state index in [9.17, 15) is 9.18 Å². The first-order valence-corrected chi connectivity index (χ1v) is 10.7. The first-order chi connectivity index (χ1) is 14.0. The zero-order valence-electron chi connectivity index (χ0n) is 15.9. The molecule has 1 amide bonds. The van der Waals surface area contributed by atoms with Gasteiger partial charge in [-0.3, -0.25) is 4.79 Å². The predicted octanol–water partition coefficient (Wildman–Crippen LogP) is 4.44. The number of benzene rings is 1. The Balaban J connectivity index is 1.51.